The van der Waals surface area contributed by atoms with Crippen LogP contribution in [-0.4, -0.2) is 19.0 Å². The van der Waals surface area contributed by atoms with Crippen LogP contribution in [0, 0.1) is 5.82 Å². The second kappa shape index (κ2) is 6.02. The molecule has 2 aliphatic heterocycles. The number of likely N-dealkylation sites (N-methyl/N-ethyl adjacent to an activating group) is 1. The van der Waals surface area contributed by atoms with Crippen molar-refractivity contribution >= 4 is 33.8 Å². The van der Waals surface area contributed by atoms with Crippen LogP contribution in [0.5, 0.6) is 0 Å². The van der Waals surface area contributed by atoms with Gasteiger partial charge in [0.05, 0.1) is 28.6 Å². The summed E-state index contributed by atoms with van der Waals surface area (Å²) in [6.07, 6.45) is 0.262. The van der Waals surface area contributed by atoms with Crippen LogP contribution in [0.15, 0.2) is 18.2 Å². The quantitative estimate of drug-likeness (QED) is 0.764. The SMILES string of the molecule is CC[NH+]1CCc2c(sc3c2C(=O)N[C@H](c2c(F)cccc2Cl)N3)C1. The van der Waals surface area contributed by atoms with E-state index in [-0.39, 0.29) is 11.5 Å². The number of quaternary nitrogens is 1. The predicted octanol–water partition coefficient (Wildman–Crippen LogP) is 2.36. The van der Waals surface area contributed by atoms with E-state index in [4.69, 9.17) is 11.6 Å². The third kappa shape index (κ3) is 2.49. The number of amides is 1. The molecule has 1 aromatic heterocycles. The minimum Gasteiger partial charge on any atom is -0.352 e. The van der Waals surface area contributed by atoms with Gasteiger partial charge in [-0.15, -0.1) is 11.3 Å². The van der Waals surface area contributed by atoms with E-state index in [1.54, 1.807) is 23.5 Å². The smallest absolute Gasteiger partial charge is 0.256 e. The number of thiophene rings is 1. The Morgan fingerprint density at radius 3 is 3.00 bits per heavy atom. The van der Waals surface area contributed by atoms with Crippen LogP contribution in [0.4, 0.5) is 9.39 Å². The van der Waals surface area contributed by atoms with Crippen molar-refractivity contribution in [1.29, 1.82) is 0 Å². The highest BCUT2D eigenvalue weighted by atomic mass is 35.5. The van der Waals surface area contributed by atoms with Crippen molar-refractivity contribution in [2.24, 2.45) is 0 Å². The molecule has 0 aliphatic carbocycles. The molecular weight excluding hydrogens is 349 g/mol. The van der Waals surface area contributed by atoms with E-state index >= 15 is 0 Å². The first kappa shape index (κ1) is 15.9. The minimum absolute atomic E-state index is 0.148. The standard InChI is InChI=1S/C17H17ClFN3OS/c1-2-22-7-6-9-12(8-22)24-17-13(9)16(23)20-15(21-17)14-10(18)4-3-5-11(14)19/h3-5,15,21H,2,6-8H2,1H3,(H,20,23)/p+1/t15-/m0/s1. The molecule has 1 amide bonds. The van der Waals surface area contributed by atoms with E-state index in [9.17, 15) is 9.18 Å². The van der Waals surface area contributed by atoms with E-state index < -0.39 is 12.0 Å². The molecule has 0 bridgehead atoms. The molecule has 2 atom stereocenters. The van der Waals surface area contributed by atoms with Crippen molar-refractivity contribution in [3.63, 3.8) is 0 Å². The van der Waals surface area contributed by atoms with Crippen LogP contribution >= 0.6 is 22.9 Å². The Hall–Kier alpha value is -1.63. The van der Waals surface area contributed by atoms with Gasteiger partial charge in [-0.1, -0.05) is 17.7 Å². The molecular formula is C17H18ClFN3OS+. The number of fused-ring (bicyclic) bond motifs is 3. The number of hydrogen-bond acceptors (Lipinski definition) is 3. The second-order valence-corrected chi connectivity index (χ2v) is 7.69. The lowest BCUT2D eigenvalue weighted by atomic mass is 10.0. The summed E-state index contributed by atoms with van der Waals surface area (Å²) in [5.41, 5.74) is 2.16. The summed E-state index contributed by atoms with van der Waals surface area (Å²) in [7, 11) is 0. The molecule has 7 heteroatoms. The molecule has 1 unspecified atom stereocenters. The lowest BCUT2D eigenvalue weighted by molar-refractivity contribution is -0.913. The van der Waals surface area contributed by atoms with Crippen LogP contribution < -0.4 is 15.5 Å². The Bertz CT molecular complexity index is 802. The number of carbonyl (C=O) groups is 1. The van der Waals surface area contributed by atoms with Crippen molar-refractivity contribution < 1.29 is 14.1 Å². The first-order chi connectivity index (χ1) is 11.6. The van der Waals surface area contributed by atoms with Gasteiger partial charge in [0.1, 0.15) is 23.5 Å². The van der Waals surface area contributed by atoms with Gasteiger partial charge in [0.15, 0.2) is 0 Å². The number of anilines is 1. The van der Waals surface area contributed by atoms with Crippen LogP contribution in [0.3, 0.4) is 0 Å². The fourth-order valence-electron chi connectivity index (χ4n) is 3.48. The van der Waals surface area contributed by atoms with Crippen molar-refractivity contribution in [3.8, 4) is 0 Å². The lowest BCUT2D eigenvalue weighted by Crippen LogP contribution is -3.11. The fraction of sp³-hybridized carbons (Fsp3) is 0.353. The van der Waals surface area contributed by atoms with Gasteiger partial charge < -0.3 is 15.5 Å². The number of nitrogens with one attached hydrogen (secondary N) is 3. The normalized spacial score (nSPS) is 22.4. The molecule has 0 fully saturated rings. The van der Waals surface area contributed by atoms with Crippen molar-refractivity contribution in [2.45, 2.75) is 26.1 Å². The topological polar surface area (TPSA) is 45.6 Å². The Morgan fingerprint density at radius 2 is 2.25 bits per heavy atom. The van der Waals surface area contributed by atoms with Gasteiger partial charge in [0, 0.05) is 12.0 Å². The lowest BCUT2D eigenvalue weighted by Gasteiger charge is -2.28. The molecule has 126 valence electrons. The highest BCUT2D eigenvalue weighted by Crippen LogP contribution is 2.40. The van der Waals surface area contributed by atoms with E-state index in [1.165, 1.54) is 15.8 Å². The summed E-state index contributed by atoms with van der Waals surface area (Å²) in [6.45, 7) is 5.25. The average Bonchev–Trinajstić information content (AvgIpc) is 2.92. The number of halogens is 2. The molecule has 1 aromatic carbocycles. The van der Waals surface area contributed by atoms with Crippen LogP contribution in [0.25, 0.3) is 0 Å². The first-order valence-corrected chi connectivity index (χ1v) is 9.27. The van der Waals surface area contributed by atoms with Gasteiger partial charge in [0.2, 0.25) is 0 Å². The highest BCUT2D eigenvalue weighted by molar-refractivity contribution is 7.16. The summed E-state index contributed by atoms with van der Waals surface area (Å²) in [6, 6.07) is 4.54. The minimum atomic E-state index is -0.645. The molecule has 2 aliphatic rings. The molecule has 24 heavy (non-hydrogen) atoms. The third-order valence-electron chi connectivity index (χ3n) is 4.80. The predicted molar refractivity (Wildman–Crippen MR) is 93.3 cm³/mol. The van der Waals surface area contributed by atoms with Gasteiger partial charge in [-0.3, -0.25) is 4.79 Å². The molecule has 0 saturated carbocycles. The van der Waals surface area contributed by atoms with Crippen molar-refractivity contribution in [1.82, 2.24) is 5.32 Å². The van der Waals surface area contributed by atoms with E-state index in [0.29, 0.717) is 5.02 Å². The van der Waals surface area contributed by atoms with E-state index in [2.05, 4.69) is 17.6 Å². The first-order valence-electron chi connectivity index (χ1n) is 8.08. The van der Waals surface area contributed by atoms with Gasteiger partial charge in [-0.2, -0.15) is 0 Å². The number of hydrogen-bond donors (Lipinski definition) is 3. The van der Waals surface area contributed by atoms with E-state index in [1.807, 2.05) is 0 Å². The van der Waals surface area contributed by atoms with Crippen LogP contribution in [-0.2, 0) is 13.0 Å². The molecule has 3 heterocycles. The van der Waals surface area contributed by atoms with Crippen molar-refractivity contribution in [3.05, 3.63) is 50.6 Å². The Balaban J connectivity index is 1.71. The zero-order chi connectivity index (χ0) is 16.8. The van der Waals surface area contributed by atoms with Gasteiger partial charge in [-0.25, -0.2) is 4.39 Å². The Kier molecular flexibility index (Phi) is 3.98. The van der Waals surface area contributed by atoms with Crippen LogP contribution in [0.1, 0.15) is 39.5 Å². The number of carbonyl (C=O) groups excluding carboxylic acids is 1. The van der Waals surface area contributed by atoms with Crippen molar-refractivity contribution in [2.75, 3.05) is 18.4 Å². The molecule has 4 rings (SSSR count). The molecule has 0 spiro atoms. The molecule has 3 N–H and O–H groups in total. The van der Waals surface area contributed by atoms with E-state index in [0.717, 1.165) is 42.2 Å². The highest BCUT2D eigenvalue weighted by Gasteiger charge is 2.35. The van der Waals surface area contributed by atoms with Gasteiger partial charge >= 0.3 is 0 Å². The summed E-state index contributed by atoms with van der Waals surface area (Å²) in [5, 5.41) is 7.25. The second-order valence-electron chi connectivity index (χ2n) is 6.17. The maximum absolute atomic E-state index is 14.2. The molecule has 2 aromatic rings. The zero-order valence-electron chi connectivity index (χ0n) is 13.2. The van der Waals surface area contributed by atoms with Gasteiger partial charge in [0.25, 0.3) is 5.91 Å². The average molecular weight is 367 g/mol. The largest absolute Gasteiger partial charge is 0.352 e. The monoisotopic (exact) mass is 366 g/mol. The summed E-state index contributed by atoms with van der Waals surface area (Å²) < 4.78 is 14.2. The number of benzene rings is 1. The molecule has 0 radical (unpaired) electrons. The fourth-order valence-corrected chi connectivity index (χ4v) is 5.10. The zero-order valence-corrected chi connectivity index (χ0v) is 14.8. The molecule has 0 saturated heterocycles. The maximum atomic E-state index is 14.2. The summed E-state index contributed by atoms with van der Waals surface area (Å²) >= 11 is 7.76. The van der Waals surface area contributed by atoms with Crippen LogP contribution in [0.2, 0.25) is 5.02 Å². The summed E-state index contributed by atoms with van der Waals surface area (Å²) in [4.78, 5) is 15.4. The number of rotatable bonds is 2. The Labute approximate surface area is 148 Å². The third-order valence-corrected chi connectivity index (χ3v) is 6.29. The summed E-state index contributed by atoms with van der Waals surface area (Å²) in [5.74, 6) is -0.572. The Morgan fingerprint density at radius 1 is 1.42 bits per heavy atom. The van der Waals surface area contributed by atoms with Gasteiger partial charge in [-0.05, 0) is 24.6 Å². The molecule has 4 nitrogen and oxygen atoms in total. The maximum Gasteiger partial charge on any atom is 0.256 e.